The van der Waals surface area contributed by atoms with Gasteiger partial charge in [-0.3, -0.25) is 0 Å². The average Bonchev–Trinajstić information content (AvgIpc) is 2.47. The number of aromatic nitrogens is 1. The Kier molecular flexibility index (Phi) is 5.18. The summed E-state index contributed by atoms with van der Waals surface area (Å²) in [5.74, 6) is 0.362. The van der Waals surface area contributed by atoms with E-state index in [1.807, 2.05) is 12.1 Å². The van der Waals surface area contributed by atoms with E-state index in [0.717, 1.165) is 24.3 Å². The highest BCUT2D eigenvalue weighted by atomic mass is 35.5. The largest absolute Gasteiger partial charge is 0.486 e. The predicted octanol–water partition coefficient (Wildman–Crippen LogP) is 4.28. The Morgan fingerprint density at radius 2 is 2.15 bits per heavy atom. The first kappa shape index (κ1) is 14.6. The lowest BCUT2D eigenvalue weighted by atomic mass is 10.2. The van der Waals surface area contributed by atoms with E-state index in [-0.39, 0.29) is 17.4 Å². The van der Waals surface area contributed by atoms with Gasteiger partial charge in [-0.05, 0) is 24.6 Å². The van der Waals surface area contributed by atoms with Gasteiger partial charge in [0.05, 0.1) is 5.02 Å². The molecule has 0 aliphatic heterocycles. The maximum atomic E-state index is 13.7. The van der Waals surface area contributed by atoms with E-state index in [1.165, 1.54) is 6.07 Å². The van der Waals surface area contributed by atoms with E-state index >= 15 is 0 Å². The monoisotopic (exact) mass is 294 g/mol. The molecule has 1 aromatic carbocycles. The van der Waals surface area contributed by atoms with Crippen LogP contribution in [0.25, 0.3) is 0 Å². The average molecular weight is 295 g/mol. The minimum atomic E-state index is -0.541. The zero-order valence-electron chi connectivity index (χ0n) is 11.2. The first-order valence-electron chi connectivity index (χ1n) is 6.47. The number of benzene rings is 1. The lowest BCUT2D eigenvalue weighted by Gasteiger charge is -2.12. The van der Waals surface area contributed by atoms with E-state index < -0.39 is 5.82 Å². The van der Waals surface area contributed by atoms with Gasteiger partial charge >= 0.3 is 0 Å². The van der Waals surface area contributed by atoms with E-state index in [1.54, 1.807) is 18.3 Å². The third-order valence-electron chi connectivity index (χ3n) is 2.73. The quantitative estimate of drug-likeness (QED) is 0.863. The maximum Gasteiger partial charge on any atom is 0.183 e. The lowest BCUT2D eigenvalue weighted by Crippen LogP contribution is -2.07. The van der Waals surface area contributed by atoms with Crippen LogP contribution in [-0.4, -0.2) is 11.5 Å². The molecule has 0 radical (unpaired) electrons. The number of nitrogens with one attached hydrogen (secondary N) is 1. The summed E-state index contributed by atoms with van der Waals surface area (Å²) in [6, 6.07) is 8.41. The molecule has 0 saturated carbocycles. The van der Waals surface area contributed by atoms with Crippen LogP contribution in [0.5, 0.6) is 5.75 Å². The van der Waals surface area contributed by atoms with Crippen LogP contribution >= 0.6 is 11.6 Å². The fourth-order valence-corrected chi connectivity index (χ4v) is 1.87. The van der Waals surface area contributed by atoms with Gasteiger partial charge in [0.25, 0.3) is 0 Å². The molecule has 2 rings (SSSR count). The van der Waals surface area contributed by atoms with Crippen LogP contribution in [0.2, 0.25) is 5.02 Å². The van der Waals surface area contributed by atoms with Crippen molar-refractivity contribution in [2.45, 2.75) is 20.0 Å². The predicted molar refractivity (Wildman–Crippen MR) is 78.8 cm³/mol. The van der Waals surface area contributed by atoms with Crippen molar-refractivity contribution in [2.75, 3.05) is 11.9 Å². The molecule has 0 aliphatic rings. The Labute approximate surface area is 122 Å². The number of ether oxygens (including phenoxy) is 1. The van der Waals surface area contributed by atoms with Crippen molar-refractivity contribution in [1.29, 1.82) is 0 Å². The smallest absolute Gasteiger partial charge is 0.183 e. The zero-order valence-corrected chi connectivity index (χ0v) is 12.0. The second-order valence-electron chi connectivity index (χ2n) is 4.28. The van der Waals surface area contributed by atoms with Crippen LogP contribution in [0, 0.1) is 5.82 Å². The summed E-state index contributed by atoms with van der Waals surface area (Å²) in [7, 11) is 0. The highest BCUT2D eigenvalue weighted by Crippen LogP contribution is 2.25. The second-order valence-corrected chi connectivity index (χ2v) is 4.69. The zero-order chi connectivity index (χ0) is 14.4. The minimum absolute atomic E-state index is 0.0537. The highest BCUT2D eigenvalue weighted by Gasteiger charge is 2.09. The van der Waals surface area contributed by atoms with Crippen LogP contribution in [0.3, 0.4) is 0 Å². The SMILES string of the molecule is CCCNc1ncccc1COc1cccc(Cl)c1F. The molecule has 1 N–H and O–H groups in total. The third kappa shape index (κ3) is 3.61. The molecule has 0 bridgehead atoms. The molecule has 3 nitrogen and oxygen atoms in total. The highest BCUT2D eigenvalue weighted by molar-refractivity contribution is 6.30. The van der Waals surface area contributed by atoms with Gasteiger partial charge in [0, 0.05) is 18.3 Å². The van der Waals surface area contributed by atoms with Gasteiger partial charge < -0.3 is 10.1 Å². The third-order valence-corrected chi connectivity index (χ3v) is 3.02. The summed E-state index contributed by atoms with van der Waals surface area (Å²) in [6.07, 6.45) is 2.71. The molecule has 106 valence electrons. The molecular formula is C15H16ClFN2O. The van der Waals surface area contributed by atoms with Gasteiger partial charge in [-0.1, -0.05) is 30.7 Å². The topological polar surface area (TPSA) is 34.2 Å². The molecular weight excluding hydrogens is 279 g/mol. The van der Waals surface area contributed by atoms with Crippen LogP contribution in [0.1, 0.15) is 18.9 Å². The summed E-state index contributed by atoms with van der Waals surface area (Å²) < 4.78 is 19.2. The van der Waals surface area contributed by atoms with E-state index in [4.69, 9.17) is 16.3 Å². The van der Waals surface area contributed by atoms with Crippen molar-refractivity contribution in [3.8, 4) is 5.75 Å². The molecule has 5 heteroatoms. The molecule has 0 fully saturated rings. The van der Waals surface area contributed by atoms with Crippen molar-refractivity contribution in [1.82, 2.24) is 4.98 Å². The Bertz CT molecular complexity index is 578. The van der Waals surface area contributed by atoms with Crippen molar-refractivity contribution in [3.05, 3.63) is 52.9 Å². The molecule has 1 heterocycles. The standard InChI is InChI=1S/C15H16ClFN2O/c1-2-8-18-15-11(5-4-9-19-15)10-20-13-7-3-6-12(16)14(13)17/h3-7,9H,2,8,10H2,1H3,(H,18,19). The Balaban J connectivity index is 2.09. The molecule has 0 amide bonds. The molecule has 0 unspecified atom stereocenters. The summed E-state index contributed by atoms with van der Waals surface area (Å²) in [5.41, 5.74) is 0.875. The molecule has 0 saturated heterocycles. The first-order valence-corrected chi connectivity index (χ1v) is 6.84. The molecule has 0 spiro atoms. The molecule has 2 aromatic rings. The van der Waals surface area contributed by atoms with Gasteiger partial charge in [0.1, 0.15) is 12.4 Å². The van der Waals surface area contributed by atoms with Crippen molar-refractivity contribution in [2.24, 2.45) is 0 Å². The Morgan fingerprint density at radius 3 is 2.95 bits per heavy atom. The van der Waals surface area contributed by atoms with Gasteiger partial charge in [0.2, 0.25) is 0 Å². The van der Waals surface area contributed by atoms with Gasteiger partial charge in [-0.15, -0.1) is 0 Å². The van der Waals surface area contributed by atoms with Crippen LogP contribution in [-0.2, 0) is 6.61 Å². The maximum absolute atomic E-state index is 13.7. The Morgan fingerprint density at radius 1 is 1.30 bits per heavy atom. The fourth-order valence-electron chi connectivity index (χ4n) is 1.71. The fraction of sp³-hybridized carbons (Fsp3) is 0.267. The number of pyridine rings is 1. The minimum Gasteiger partial charge on any atom is -0.486 e. The van der Waals surface area contributed by atoms with Crippen LogP contribution in [0.15, 0.2) is 36.5 Å². The van der Waals surface area contributed by atoms with Crippen LogP contribution in [0.4, 0.5) is 10.2 Å². The summed E-state index contributed by atoms with van der Waals surface area (Å²) >= 11 is 5.72. The lowest BCUT2D eigenvalue weighted by molar-refractivity contribution is 0.290. The Hall–Kier alpha value is -1.81. The number of hydrogen-bond acceptors (Lipinski definition) is 3. The summed E-state index contributed by atoms with van der Waals surface area (Å²) in [6.45, 7) is 3.14. The van der Waals surface area contributed by atoms with Gasteiger partial charge in [0.15, 0.2) is 11.6 Å². The molecule has 0 atom stereocenters. The normalized spacial score (nSPS) is 10.3. The summed E-state index contributed by atoms with van der Waals surface area (Å²) in [5, 5.41) is 3.27. The van der Waals surface area contributed by atoms with Crippen molar-refractivity contribution in [3.63, 3.8) is 0 Å². The van der Waals surface area contributed by atoms with Gasteiger partial charge in [-0.25, -0.2) is 9.37 Å². The number of rotatable bonds is 6. The van der Waals surface area contributed by atoms with Crippen LogP contribution < -0.4 is 10.1 Å². The molecule has 1 aromatic heterocycles. The number of nitrogens with zero attached hydrogens (tertiary/aromatic N) is 1. The number of hydrogen-bond donors (Lipinski definition) is 1. The first-order chi connectivity index (χ1) is 9.72. The second kappa shape index (κ2) is 7.10. The van der Waals surface area contributed by atoms with E-state index in [9.17, 15) is 4.39 Å². The molecule has 0 aliphatic carbocycles. The van der Waals surface area contributed by atoms with E-state index in [0.29, 0.717) is 0 Å². The number of anilines is 1. The van der Waals surface area contributed by atoms with E-state index in [2.05, 4.69) is 17.2 Å². The van der Waals surface area contributed by atoms with Crippen molar-refractivity contribution >= 4 is 17.4 Å². The van der Waals surface area contributed by atoms with Gasteiger partial charge in [-0.2, -0.15) is 0 Å². The van der Waals surface area contributed by atoms with Crippen molar-refractivity contribution < 1.29 is 9.13 Å². The summed E-state index contributed by atoms with van der Waals surface area (Å²) in [4.78, 5) is 4.26. The number of halogens is 2. The molecule has 20 heavy (non-hydrogen) atoms.